The number of rotatable bonds is 2. The molecule has 126 valence electrons. The Labute approximate surface area is 143 Å². The summed E-state index contributed by atoms with van der Waals surface area (Å²) >= 11 is 0. The molecule has 3 heterocycles. The summed E-state index contributed by atoms with van der Waals surface area (Å²) in [6.45, 7) is 3.55. The summed E-state index contributed by atoms with van der Waals surface area (Å²) in [7, 11) is 0. The van der Waals surface area contributed by atoms with Gasteiger partial charge in [0.2, 0.25) is 0 Å². The number of H-pyrrole nitrogens is 1. The predicted molar refractivity (Wildman–Crippen MR) is 90.8 cm³/mol. The van der Waals surface area contributed by atoms with Gasteiger partial charge in [-0.2, -0.15) is 0 Å². The van der Waals surface area contributed by atoms with Crippen molar-refractivity contribution in [2.24, 2.45) is 0 Å². The Kier molecular flexibility index (Phi) is 3.49. The summed E-state index contributed by atoms with van der Waals surface area (Å²) in [5.74, 6) is -0.0907. The fourth-order valence-electron chi connectivity index (χ4n) is 2.90. The lowest BCUT2D eigenvalue weighted by molar-refractivity contribution is -0.118. The molecule has 2 N–H and O–H groups in total. The number of aryl methyl sites for hydroxylation is 2. The second-order valence-corrected chi connectivity index (χ2v) is 5.90. The van der Waals surface area contributed by atoms with Crippen LogP contribution in [0, 0.1) is 19.7 Å². The van der Waals surface area contributed by atoms with Gasteiger partial charge in [-0.3, -0.25) is 9.78 Å². The van der Waals surface area contributed by atoms with Gasteiger partial charge in [-0.25, -0.2) is 9.37 Å². The minimum Gasteiger partial charge on any atom is -0.478 e. The first-order chi connectivity index (χ1) is 12.0. The molecule has 0 saturated heterocycles. The van der Waals surface area contributed by atoms with E-state index in [0.29, 0.717) is 22.8 Å². The van der Waals surface area contributed by atoms with E-state index < -0.39 is 5.82 Å². The average Bonchev–Trinajstić information content (AvgIpc) is 2.96. The molecule has 0 radical (unpaired) electrons. The van der Waals surface area contributed by atoms with Crippen molar-refractivity contribution in [3.8, 4) is 28.3 Å². The number of pyridine rings is 1. The van der Waals surface area contributed by atoms with E-state index in [-0.39, 0.29) is 18.3 Å². The summed E-state index contributed by atoms with van der Waals surface area (Å²) in [5, 5.41) is 2.63. The number of halogens is 1. The molecular formula is C18H15FN4O2. The van der Waals surface area contributed by atoms with E-state index >= 15 is 0 Å². The third kappa shape index (κ3) is 2.73. The SMILES string of the molecule is Cc1cc(-c2[nH]c(C)nc2-c2cc(F)c3c(c2)NC(=O)CO3)ccn1. The third-order valence-corrected chi connectivity index (χ3v) is 3.95. The number of aromatic amines is 1. The zero-order valence-electron chi connectivity index (χ0n) is 13.7. The van der Waals surface area contributed by atoms with Crippen molar-refractivity contribution in [2.45, 2.75) is 13.8 Å². The van der Waals surface area contributed by atoms with E-state index in [1.165, 1.54) is 6.07 Å². The molecule has 0 atom stereocenters. The van der Waals surface area contributed by atoms with Crippen LogP contribution in [0.5, 0.6) is 5.75 Å². The molecule has 0 spiro atoms. The molecule has 0 saturated carbocycles. The highest BCUT2D eigenvalue weighted by molar-refractivity contribution is 5.96. The topological polar surface area (TPSA) is 79.9 Å². The lowest BCUT2D eigenvalue weighted by Gasteiger charge is -2.19. The number of aromatic nitrogens is 3. The van der Waals surface area contributed by atoms with Crippen LogP contribution in [-0.4, -0.2) is 27.5 Å². The highest BCUT2D eigenvalue weighted by Crippen LogP contribution is 2.38. The van der Waals surface area contributed by atoms with Crippen LogP contribution in [0.25, 0.3) is 22.5 Å². The van der Waals surface area contributed by atoms with E-state index in [1.54, 1.807) is 12.3 Å². The fourth-order valence-corrected chi connectivity index (χ4v) is 2.90. The Morgan fingerprint density at radius 2 is 2.04 bits per heavy atom. The standard InChI is InChI=1S/C18H15FN4O2/c1-9-5-11(3-4-20-9)16-17(22-10(2)21-16)12-6-13(19)18-14(7-12)23-15(24)8-25-18/h3-7H,8H2,1-2H3,(H,21,22)(H,23,24). The monoisotopic (exact) mass is 338 g/mol. The molecule has 6 nitrogen and oxygen atoms in total. The zero-order valence-corrected chi connectivity index (χ0v) is 13.7. The number of benzene rings is 1. The first-order valence-electron chi connectivity index (χ1n) is 7.77. The first kappa shape index (κ1) is 15.3. The minimum atomic E-state index is -0.537. The maximum Gasteiger partial charge on any atom is 0.262 e. The highest BCUT2D eigenvalue weighted by Gasteiger charge is 2.23. The Bertz CT molecular complexity index is 997. The number of carbonyl (C=O) groups is 1. The Morgan fingerprint density at radius 1 is 1.20 bits per heavy atom. The molecular weight excluding hydrogens is 323 g/mol. The largest absolute Gasteiger partial charge is 0.478 e. The summed E-state index contributed by atoms with van der Waals surface area (Å²) in [6, 6.07) is 6.82. The van der Waals surface area contributed by atoms with Crippen LogP contribution in [-0.2, 0) is 4.79 Å². The molecule has 7 heteroatoms. The second kappa shape index (κ2) is 5.70. The molecule has 1 aromatic carbocycles. The maximum atomic E-state index is 14.4. The number of fused-ring (bicyclic) bond motifs is 1. The van der Waals surface area contributed by atoms with Crippen molar-refractivity contribution >= 4 is 11.6 Å². The summed E-state index contributed by atoms with van der Waals surface area (Å²) in [6.07, 6.45) is 1.71. The fraction of sp³-hybridized carbons (Fsp3) is 0.167. The normalized spacial score (nSPS) is 13.2. The van der Waals surface area contributed by atoms with Gasteiger partial charge in [0.25, 0.3) is 5.91 Å². The van der Waals surface area contributed by atoms with Crippen LogP contribution in [0.4, 0.5) is 10.1 Å². The smallest absolute Gasteiger partial charge is 0.262 e. The Hall–Kier alpha value is -3.22. The number of nitrogens with zero attached hydrogens (tertiary/aromatic N) is 2. The molecule has 1 aliphatic rings. The highest BCUT2D eigenvalue weighted by atomic mass is 19.1. The second-order valence-electron chi connectivity index (χ2n) is 5.90. The van der Waals surface area contributed by atoms with Crippen molar-refractivity contribution < 1.29 is 13.9 Å². The Morgan fingerprint density at radius 3 is 2.84 bits per heavy atom. The predicted octanol–water partition coefficient (Wildman–Crippen LogP) is 3.23. The third-order valence-electron chi connectivity index (χ3n) is 3.95. The number of carbonyl (C=O) groups excluding carboxylic acids is 1. The molecule has 25 heavy (non-hydrogen) atoms. The van der Waals surface area contributed by atoms with Gasteiger partial charge in [-0.05, 0) is 38.1 Å². The number of amides is 1. The molecule has 2 aromatic heterocycles. The van der Waals surface area contributed by atoms with Crippen LogP contribution in [0.2, 0.25) is 0 Å². The molecule has 0 bridgehead atoms. The molecule has 0 fully saturated rings. The van der Waals surface area contributed by atoms with Crippen LogP contribution in [0.15, 0.2) is 30.5 Å². The molecule has 1 aliphatic heterocycles. The number of anilines is 1. The van der Waals surface area contributed by atoms with Crippen molar-refractivity contribution in [1.82, 2.24) is 15.0 Å². The summed E-state index contributed by atoms with van der Waals surface area (Å²) in [5.41, 5.74) is 4.00. The average molecular weight is 338 g/mol. The lowest BCUT2D eigenvalue weighted by Crippen LogP contribution is -2.26. The van der Waals surface area contributed by atoms with Crippen molar-refractivity contribution in [3.63, 3.8) is 0 Å². The van der Waals surface area contributed by atoms with Gasteiger partial charge in [0.1, 0.15) is 5.82 Å². The van der Waals surface area contributed by atoms with Crippen molar-refractivity contribution in [2.75, 3.05) is 11.9 Å². The molecule has 1 amide bonds. The first-order valence-corrected chi connectivity index (χ1v) is 7.77. The minimum absolute atomic E-state index is 0.0527. The summed E-state index contributed by atoms with van der Waals surface area (Å²) in [4.78, 5) is 23.4. The van der Waals surface area contributed by atoms with Gasteiger partial charge in [0, 0.05) is 23.0 Å². The van der Waals surface area contributed by atoms with Crippen molar-refractivity contribution in [1.29, 1.82) is 0 Å². The van der Waals surface area contributed by atoms with Gasteiger partial charge < -0.3 is 15.0 Å². The van der Waals surface area contributed by atoms with Crippen LogP contribution >= 0.6 is 0 Å². The van der Waals surface area contributed by atoms with Crippen LogP contribution < -0.4 is 10.1 Å². The molecule has 0 unspecified atom stereocenters. The Balaban J connectivity index is 1.87. The number of imidazole rings is 1. The quantitative estimate of drug-likeness (QED) is 0.752. The molecule has 3 aromatic rings. The van der Waals surface area contributed by atoms with Crippen LogP contribution in [0.1, 0.15) is 11.5 Å². The van der Waals surface area contributed by atoms with Gasteiger partial charge in [-0.15, -0.1) is 0 Å². The van der Waals surface area contributed by atoms with Gasteiger partial charge >= 0.3 is 0 Å². The van der Waals surface area contributed by atoms with Crippen LogP contribution in [0.3, 0.4) is 0 Å². The molecule has 0 aliphatic carbocycles. The van der Waals surface area contributed by atoms with E-state index in [0.717, 1.165) is 17.0 Å². The van der Waals surface area contributed by atoms with E-state index in [9.17, 15) is 9.18 Å². The maximum absolute atomic E-state index is 14.4. The summed E-state index contributed by atoms with van der Waals surface area (Å²) < 4.78 is 19.6. The number of hydrogen-bond donors (Lipinski definition) is 2. The van der Waals surface area contributed by atoms with Gasteiger partial charge in [-0.1, -0.05) is 0 Å². The van der Waals surface area contributed by atoms with E-state index in [2.05, 4.69) is 20.3 Å². The van der Waals surface area contributed by atoms with Gasteiger partial charge in [0.05, 0.1) is 17.1 Å². The van der Waals surface area contributed by atoms with E-state index in [4.69, 9.17) is 4.74 Å². The molecule has 4 rings (SSSR count). The zero-order chi connectivity index (χ0) is 17.6. The van der Waals surface area contributed by atoms with Crippen molar-refractivity contribution in [3.05, 3.63) is 47.8 Å². The number of ether oxygens (including phenoxy) is 1. The van der Waals surface area contributed by atoms with E-state index in [1.807, 2.05) is 26.0 Å². The lowest BCUT2D eigenvalue weighted by atomic mass is 10.0. The number of hydrogen-bond acceptors (Lipinski definition) is 4. The number of nitrogens with one attached hydrogen (secondary N) is 2. The van der Waals surface area contributed by atoms with Gasteiger partial charge in [0.15, 0.2) is 18.2 Å².